The van der Waals surface area contributed by atoms with E-state index < -0.39 is 10.4 Å². The Morgan fingerprint density at radius 2 is 1.88 bits per heavy atom. The quantitative estimate of drug-likeness (QED) is 0.498. The highest BCUT2D eigenvalue weighted by molar-refractivity contribution is 7.81. The number of rotatable bonds is 3. The first-order chi connectivity index (χ1) is 7.40. The molecule has 4 nitrogen and oxygen atoms in total. The lowest BCUT2D eigenvalue weighted by Crippen LogP contribution is -1.96. The average molecular weight is 262 g/mol. The molecule has 0 heterocycles. The largest absolute Gasteiger partial charge is 0.397 e. The Morgan fingerprint density at radius 3 is 2.19 bits per heavy atom. The van der Waals surface area contributed by atoms with Crippen molar-refractivity contribution >= 4 is 23.0 Å². The Bertz CT molecular complexity index is 400. The first-order valence-electron chi connectivity index (χ1n) is 4.29. The molecule has 0 aromatic heterocycles. The Kier molecular flexibility index (Phi) is 7.07. The lowest BCUT2D eigenvalue weighted by atomic mass is 10.1. The Balaban J connectivity index is 0.000000325. The monoisotopic (exact) mass is 262 g/mol. The van der Waals surface area contributed by atoms with Gasteiger partial charge in [-0.05, 0) is 5.56 Å². The van der Waals surface area contributed by atoms with Gasteiger partial charge in [0, 0.05) is 5.25 Å². The molecule has 1 unspecified atom stereocenters. The van der Waals surface area contributed by atoms with E-state index in [0.717, 1.165) is 7.11 Å². The minimum absolute atomic E-state index is 0.168. The zero-order chi connectivity index (χ0) is 12.6. The Hall–Kier alpha value is -0.820. The van der Waals surface area contributed by atoms with Crippen LogP contribution in [0.5, 0.6) is 0 Å². The fraction of sp³-hybridized carbons (Fsp3) is 0.200. The summed E-state index contributed by atoms with van der Waals surface area (Å²) in [6.07, 6.45) is 1.82. The molecule has 1 aromatic carbocycles. The molecular weight excluding hydrogens is 248 g/mol. The van der Waals surface area contributed by atoms with Crippen molar-refractivity contribution in [3.05, 3.63) is 48.6 Å². The van der Waals surface area contributed by atoms with Gasteiger partial charge >= 0.3 is 10.4 Å². The smallest absolute Gasteiger partial charge is 0.264 e. The molecule has 0 aliphatic heterocycles. The van der Waals surface area contributed by atoms with Crippen LogP contribution in [0.3, 0.4) is 0 Å². The van der Waals surface area contributed by atoms with Gasteiger partial charge < -0.3 is 0 Å². The molecule has 0 amide bonds. The lowest BCUT2D eigenvalue weighted by molar-refractivity contribution is 0.324. The van der Waals surface area contributed by atoms with Gasteiger partial charge in [-0.2, -0.15) is 21.0 Å². The van der Waals surface area contributed by atoms with E-state index >= 15 is 0 Å². The lowest BCUT2D eigenvalue weighted by Gasteiger charge is -2.02. The van der Waals surface area contributed by atoms with Crippen LogP contribution in [-0.4, -0.2) is 20.1 Å². The van der Waals surface area contributed by atoms with E-state index in [1.54, 1.807) is 0 Å². The first-order valence-corrected chi connectivity index (χ1v) is 6.17. The second kappa shape index (κ2) is 7.45. The molecule has 1 atom stereocenters. The summed E-state index contributed by atoms with van der Waals surface area (Å²) < 4.78 is 29.7. The van der Waals surface area contributed by atoms with E-state index in [1.165, 1.54) is 5.56 Å². The predicted molar refractivity (Wildman–Crippen MR) is 66.9 cm³/mol. The van der Waals surface area contributed by atoms with Crippen molar-refractivity contribution in [3.63, 3.8) is 0 Å². The highest BCUT2D eigenvalue weighted by Gasteiger charge is 1.97. The molecule has 0 bridgehead atoms. The summed E-state index contributed by atoms with van der Waals surface area (Å²) in [6, 6.07) is 10.1. The maximum absolute atomic E-state index is 9.33. The van der Waals surface area contributed by atoms with Gasteiger partial charge in [-0.25, -0.2) is 0 Å². The molecule has 16 heavy (non-hydrogen) atoms. The normalized spacial score (nSPS) is 12.2. The molecule has 0 spiro atoms. The van der Waals surface area contributed by atoms with E-state index in [9.17, 15) is 8.42 Å². The molecule has 0 radical (unpaired) electrons. The van der Waals surface area contributed by atoms with E-state index in [1.807, 2.05) is 36.4 Å². The second-order valence-electron chi connectivity index (χ2n) is 2.69. The van der Waals surface area contributed by atoms with Crippen LogP contribution in [0.15, 0.2) is 43.0 Å². The van der Waals surface area contributed by atoms with Crippen molar-refractivity contribution in [1.29, 1.82) is 0 Å². The highest BCUT2D eigenvalue weighted by Crippen LogP contribution is 2.19. The van der Waals surface area contributed by atoms with Crippen molar-refractivity contribution in [2.45, 2.75) is 5.25 Å². The molecule has 0 fully saturated rings. The first kappa shape index (κ1) is 15.2. The van der Waals surface area contributed by atoms with Crippen molar-refractivity contribution < 1.29 is 17.2 Å². The molecule has 0 saturated heterocycles. The number of thiol groups is 1. The fourth-order valence-electron chi connectivity index (χ4n) is 0.786. The van der Waals surface area contributed by atoms with Gasteiger partial charge in [0.05, 0.1) is 7.11 Å². The summed E-state index contributed by atoms with van der Waals surface area (Å²) in [6.45, 7) is 3.66. The Morgan fingerprint density at radius 1 is 1.44 bits per heavy atom. The SMILES string of the molecule is C=CC(S)c1ccccc1.COS(=O)(=O)O. The van der Waals surface area contributed by atoms with E-state index in [0.29, 0.717) is 0 Å². The van der Waals surface area contributed by atoms with Crippen LogP contribution in [0, 0.1) is 0 Å². The zero-order valence-corrected chi connectivity index (χ0v) is 10.5. The van der Waals surface area contributed by atoms with Gasteiger partial charge in [0.25, 0.3) is 0 Å². The van der Waals surface area contributed by atoms with Crippen LogP contribution in [0.4, 0.5) is 0 Å². The molecule has 1 N–H and O–H groups in total. The predicted octanol–water partition coefficient (Wildman–Crippen LogP) is 2.28. The second-order valence-corrected chi connectivity index (χ2v) is 4.43. The molecule has 1 aromatic rings. The maximum Gasteiger partial charge on any atom is 0.397 e. The van der Waals surface area contributed by atoms with Gasteiger partial charge in [-0.1, -0.05) is 36.4 Å². The zero-order valence-electron chi connectivity index (χ0n) is 8.78. The highest BCUT2D eigenvalue weighted by atomic mass is 32.3. The van der Waals surface area contributed by atoms with Gasteiger partial charge in [0.1, 0.15) is 0 Å². The van der Waals surface area contributed by atoms with Gasteiger partial charge in [0.2, 0.25) is 0 Å². The molecule has 0 saturated carbocycles. The van der Waals surface area contributed by atoms with Crippen LogP contribution < -0.4 is 0 Å². The van der Waals surface area contributed by atoms with Crippen LogP contribution in [0.1, 0.15) is 10.8 Å². The molecular formula is C10H14O4S2. The van der Waals surface area contributed by atoms with Crippen LogP contribution in [0.2, 0.25) is 0 Å². The van der Waals surface area contributed by atoms with Gasteiger partial charge in [-0.3, -0.25) is 8.74 Å². The molecule has 1 rings (SSSR count). The van der Waals surface area contributed by atoms with E-state index in [4.69, 9.17) is 4.55 Å². The maximum atomic E-state index is 9.33. The minimum atomic E-state index is -4.16. The average Bonchev–Trinajstić information content (AvgIpc) is 2.29. The van der Waals surface area contributed by atoms with E-state index in [2.05, 4.69) is 23.4 Å². The van der Waals surface area contributed by atoms with Crippen molar-refractivity contribution in [2.24, 2.45) is 0 Å². The summed E-state index contributed by atoms with van der Waals surface area (Å²) in [4.78, 5) is 0. The molecule has 6 heteroatoms. The summed E-state index contributed by atoms with van der Waals surface area (Å²) >= 11 is 4.30. The van der Waals surface area contributed by atoms with Crippen LogP contribution >= 0.6 is 12.6 Å². The third-order valence-corrected chi connectivity index (χ3v) is 2.51. The summed E-state index contributed by atoms with van der Waals surface area (Å²) in [5, 5.41) is 0.168. The number of hydrogen-bond acceptors (Lipinski definition) is 4. The number of hydrogen-bond donors (Lipinski definition) is 2. The van der Waals surface area contributed by atoms with Gasteiger partial charge in [0.15, 0.2) is 0 Å². The van der Waals surface area contributed by atoms with E-state index in [-0.39, 0.29) is 5.25 Å². The van der Waals surface area contributed by atoms with Crippen molar-refractivity contribution in [1.82, 2.24) is 0 Å². The van der Waals surface area contributed by atoms with Crippen molar-refractivity contribution in [3.8, 4) is 0 Å². The minimum Gasteiger partial charge on any atom is -0.264 e. The van der Waals surface area contributed by atoms with Crippen molar-refractivity contribution in [2.75, 3.05) is 7.11 Å². The number of benzene rings is 1. The topological polar surface area (TPSA) is 63.6 Å². The Labute approximate surface area is 101 Å². The third kappa shape index (κ3) is 7.47. The summed E-state index contributed by atoms with van der Waals surface area (Å²) in [5.41, 5.74) is 1.20. The standard InChI is InChI=1S/C9H10S.CH4O4S/c1-2-9(10)8-6-4-3-5-7-8;1-5-6(2,3)4/h2-7,9-10H,1H2;1H3,(H,2,3,4). The third-order valence-electron chi connectivity index (χ3n) is 1.57. The van der Waals surface area contributed by atoms with Crippen LogP contribution in [0.25, 0.3) is 0 Å². The molecule has 0 aliphatic rings. The fourth-order valence-corrected chi connectivity index (χ4v) is 0.958. The molecule has 0 aliphatic carbocycles. The van der Waals surface area contributed by atoms with Gasteiger partial charge in [-0.15, -0.1) is 6.58 Å². The summed E-state index contributed by atoms with van der Waals surface area (Å²) in [7, 11) is -3.29. The van der Waals surface area contributed by atoms with Crippen LogP contribution in [-0.2, 0) is 14.6 Å². The summed E-state index contributed by atoms with van der Waals surface area (Å²) in [5.74, 6) is 0. The molecule has 90 valence electrons.